The van der Waals surface area contributed by atoms with E-state index in [1.807, 2.05) is 42.5 Å². The van der Waals surface area contributed by atoms with E-state index in [9.17, 15) is 9.59 Å². The molecule has 0 spiro atoms. The summed E-state index contributed by atoms with van der Waals surface area (Å²) in [5.41, 5.74) is 2.69. The number of amides is 2. The molecule has 0 saturated carbocycles. The highest BCUT2D eigenvalue weighted by atomic mass is 35.5. The van der Waals surface area contributed by atoms with Crippen molar-refractivity contribution < 1.29 is 14.3 Å². The van der Waals surface area contributed by atoms with Gasteiger partial charge in [0.2, 0.25) is 11.8 Å². The number of anilines is 2. The van der Waals surface area contributed by atoms with Crippen molar-refractivity contribution in [3.63, 3.8) is 0 Å². The first-order valence-electron chi connectivity index (χ1n) is 19.4. The molecule has 0 atom stereocenters. The number of carbonyl (C=O) groups excluding carboxylic acids is 2. The molecule has 2 amide bonds. The molecule has 6 nitrogen and oxygen atoms in total. The Hall–Kier alpha value is -3.84. The maximum atomic E-state index is 13.2. The number of carbonyl (C=O) groups is 2. The highest BCUT2D eigenvalue weighted by Gasteiger charge is 2.29. The summed E-state index contributed by atoms with van der Waals surface area (Å²) in [4.78, 5) is 32.3. The van der Waals surface area contributed by atoms with Gasteiger partial charge in [0, 0.05) is 45.1 Å². The molecular weight excluding hydrogens is 701 g/mol. The van der Waals surface area contributed by atoms with Crippen molar-refractivity contribution in [2.75, 3.05) is 49.1 Å². The summed E-state index contributed by atoms with van der Waals surface area (Å²) in [6.07, 6.45) is 35.6. The normalized spacial score (nSPS) is 15.8. The van der Waals surface area contributed by atoms with Crippen LogP contribution in [-0.4, -0.2) is 56.0 Å². The third kappa shape index (κ3) is 14.8. The molecular formula is C45H57Cl2N3O3. The number of aryl methyl sites for hydroxylation is 1. The van der Waals surface area contributed by atoms with Crippen LogP contribution in [0.2, 0.25) is 10.0 Å². The Balaban J connectivity index is 1.10. The van der Waals surface area contributed by atoms with Crippen molar-refractivity contribution in [2.24, 2.45) is 0 Å². The van der Waals surface area contributed by atoms with E-state index in [0.29, 0.717) is 53.8 Å². The second-order valence-corrected chi connectivity index (χ2v) is 14.1. The average Bonchev–Trinajstić information content (AvgIpc) is 3.16. The standard InChI is InChI=1S/C45H57Cl2N3O3/c1-2-3-4-5-6-7-8-9-10-11-12-13-14-15-16-17-18-19-20-26-43(51)50-42-37-39(29-27-38(42)28-30-44(50)52)53-36-22-21-31-48-32-34-49(35-33-48)41-25-23-24-40(46)45(41)47/h3-4,6-7,9-10,12-13,15-16,18-19,23-25,27,29,37H,2,5,8,11,14,17,20-22,26,28,30-36H2,1H3/b4-3-,7-6-,10-9-,13-12-,16-15-,19-18-. The van der Waals surface area contributed by atoms with Gasteiger partial charge < -0.3 is 9.64 Å². The lowest BCUT2D eigenvalue weighted by atomic mass is 10.00. The molecule has 1 fully saturated rings. The summed E-state index contributed by atoms with van der Waals surface area (Å²) in [6, 6.07) is 11.6. The van der Waals surface area contributed by atoms with Crippen LogP contribution < -0.4 is 14.5 Å². The molecule has 2 aromatic rings. The second kappa shape index (κ2) is 24.5. The first-order valence-corrected chi connectivity index (χ1v) is 20.2. The Kier molecular flexibility index (Phi) is 19.3. The molecule has 1 saturated heterocycles. The highest BCUT2D eigenvalue weighted by molar-refractivity contribution is 6.43. The fraction of sp³-hybridized carbons (Fsp3) is 0.422. The van der Waals surface area contributed by atoms with Crippen molar-refractivity contribution in [3.05, 3.63) is 125 Å². The van der Waals surface area contributed by atoms with E-state index in [-0.39, 0.29) is 11.8 Å². The molecule has 0 aliphatic carbocycles. The maximum Gasteiger partial charge on any atom is 0.234 e. The number of rotatable bonds is 21. The van der Waals surface area contributed by atoms with Crippen LogP contribution in [-0.2, 0) is 16.0 Å². The van der Waals surface area contributed by atoms with E-state index in [2.05, 4.69) is 83.6 Å². The SMILES string of the molecule is CC/C=C\C/C=C\C/C=C\C/C=C\C/C=C\C/C=C\CCC(=O)N1C(=O)CCc2ccc(OCCCCN3CCN(c4cccc(Cl)c4Cl)CC3)cc21. The summed E-state index contributed by atoms with van der Waals surface area (Å²) in [6.45, 7) is 7.54. The average molecular weight is 759 g/mol. The zero-order valence-electron chi connectivity index (χ0n) is 31.4. The van der Waals surface area contributed by atoms with E-state index in [1.54, 1.807) is 0 Å². The number of benzene rings is 2. The van der Waals surface area contributed by atoms with Crippen molar-refractivity contribution >= 4 is 46.4 Å². The molecule has 8 heteroatoms. The van der Waals surface area contributed by atoms with Gasteiger partial charge in [-0.3, -0.25) is 19.4 Å². The highest BCUT2D eigenvalue weighted by Crippen LogP contribution is 2.34. The summed E-state index contributed by atoms with van der Waals surface area (Å²) in [7, 11) is 0. The Morgan fingerprint density at radius 2 is 1.36 bits per heavy atom. The summed E-state index contributed by atoms with van der Waals surface area (Å²) in [5, 5.41) is 1.22. The van der Waals surface area contributed by atoms with Crippen LogP contribution in [0.5, 0.6) is 5.75 Å². The molecule has 0 aromatic heterocycles. The molecule has 2 heterocycles. The molecule has 2 aliphatic rings. The largest absolute Gasteiger partial charge is 0.494 e. The molecule has 53 heavy (non-hydrogen) atoms. The Labute approximate surface area is 328 Å². The molecule has 0 unspecified atom stereocenters. The Bertz CT molecular complexity index is 1620. The van der Waals surface area contributed by atoms with Gasteiger partial charge in [0.15, 0.2) is 0 Å². The van der Waals surface area contributed by atoms with Crippen LogP contribution in [0, 0.1) is 0 Å². The number of hydrogen-bond acceptors (Lipinski definition) is 5. The lowest BCUT2D eigenvalue weighted by Crippen LogP contribution is -2.46. The van der Waals surface area contributed by atoms with Crippen molar-refractivity contribution in [3.8, 4) is 5.75 Å². The van der Waals surface area contributed by atoms with Gasteiger partial charge in [-0.25, -0.2) is 0 Å². The molecule has 284 valence electrons. The minimum atomic E-state index is -0.162. The fourth-order valence-corrected chi connectivity index (χ4v) is 6.76. The third-order valence-electron chi connectivity index (χ3n) is 9.31. The number of nitrogens with zero attached hydrogens (tertiary/aromatic N) is 3. The number of imide groups is 1. The maximum absolute atomic E-state index is 13.2. The third-order valence-corrected chi connectivity index (χ3v) is 10.1. The zero-order chi connectivity index (χ0) is 37.5. The smallest absolute Gasteiger partial charge is 0.234 e. The van der Waals surface area contributed by atoms with Crippen molar-refractivity contribution in [2.45, 2.75) is 84.0 Å². The van der Waals surface area contributed by atoms with Crippen LogP contribution in [0.3, 0.4) is 0 Å². The molecule has 4 rings (SSSR count). The van der Waals surface area contributed by atoms with Gasteiger partial charge in [0.1, 0.15) is 5.75 Å². The van der Waals surface area contributed by atoms with Crippen LogP contribution in [0.25, 0.3) is 0 Å². The van der Waals surface area contributed by atoms with Crippen molar-refractivity contribution in [1.29, 1.82) is 0 Å². The number of fused-ring (bicyclic) bond motifs is 1. The number of piperazine rings is 1. The molecule has 2 aromatic carbocycles. The molecule has 0 N–H and O–H groups in total. The topological polar surface area (TPSA) is 53.1 Å². The molecule has 0 radical (unpaired) electrons. The quantitative estimate of drug-likeness (QED) is 0.0937. The molecule has 0 bridgehead atoms. The Morgan fingerprint density at radius 3 is 2.00 bits per heavy atom. The summed E-state index contributed by atoms with van der Waals surface area (Å²) >= 11 is 12.6. The van der Waals surface area contributed by atoms with E-state index in [1.165, 1.54) is 4.90 Å². The van der Waals surface area contributed by atoms with Crippen LogP contribution in [0.1, 0.15) is 83.1 Å². The number of hydrogen-bond donors (Lipinski definition) is 0. The first-order chi connectivity index (χ1) is 26.0. The van der Waals surface area contributed by atoms with E-state index < -0.39 is 0 Å². The van der Waals surface area contributed by atoms with Gasteiger partial charge in [-0.05, 0) is 94.5 Å². The van der Waals surface area contributed by atoms with Gasteiger partial charge in [-0.15, -0.1) is 0 Å². The van der Waals surface area contributed by atoms with Crippen LogP contribution in [0.15, 0.2) is 109 Å². The number of unbranched alkanes of at least 4 members (excludes halogenated alkanes) is 1. The Morgan fingerprint density at radius 1 is 0.736 bits per heavy atom. The van der Waals surface area contributed by atoms with E-state index in [4.69, 9.17) is 27.9 Å². The fourth-order valence-electron chi connectivity index (χ4n) is 6.35. The number of ether oxygens (including phenoxy) is 1. The van der Waals surface area contributed by atoms with Crippen LogP contribution >= 0.6 is 23.2 Å². The van der Waals surface area contributed by atoms with Crippen LogP contribution in [0.4, 0.5) is 11.4 Å². The lowest BCUT2D eigenvalue weighted by Gasteiger charge is -2.36. The minimum Gasteiger partial charge on any atom is -0.494 e. The summed E-state index contributed by atoms with van der Waals surface area (Å²) < 4.78 is 6.10. The first kappa shape index (κ1) is 41.9. The number of allylic oxidation sites excluding steroid dienone is 12. The lowest BCUT2D eigenvalue weighted by molar-refractivity contribution is -0.126. The summed E-state index contributed by atoms with van der Waals surface area (Å²) in [5.74, 6) is 0.394. The van der Waals surface area contributed by atoms with Gasteiger partial charge in [0.05, 0.1) is 28.0 Å². The van der Waals surface area contributed by atoms with Gasteiger partial charge >= 0.3 is 0 Å². The molecule has 2 aliphatic heterocycles. The van der Waals surface area contributed by atoms with Gasteiger partial charge in [0.25, 0.3) is 0 Å². The second-order valence-electron chi connectivity index (χ2n) is 13.3. The minimum absolute atomic E-state index is 0.139. The van der Waals surface area contributed by atoms with E-state index in [0.717, 1.165) is 95.3 Å². The van der Waals surface area contributed by atoms with Gasteiger partial charge in [-0.1, -0.05) is 115 Å². The predicted octanol–water partition coefficient (Wildman–Crippen LogP) is 11.3. The van der Waals surface area contributed by atoms with Gasteiger partial charge in [-0.2, -0.15) is 0 Å². The number of halogens is 2. The van der Waals surface area contributed by atoms with Crippen molar-refractivity contribution in [1.82, 2.24) is 4.90 Å². The monoisotopic (exact) mass is 757 g/mol. The van der Waals surface area contributed by atoms with E-state index >= 15 is 0 Å². The predicted molar refractivity (Wildman–Crippen MR) is 225 cm³/mol. The zero-order valence-corrected chi connectivity index (χ0v) is 33.0.